The summed E-state index contributed by atoms with van der Waals surface area (Å²) in [6.45, 7) is 2.73. The number of aromatic nitrogens is 1. The van der Waals surface area contributed by atoms with E-state index in [4.69, 9.17) is 9.84 Å². The number of carboxylic acids is 1. The lowest BCUT2D eigenvalue weighted by Crippen LogP contribution is -2.29. The minimum Gasteiger partial charge on any atom is -0.481 e. The Bertz CT molecular complexity index is 436. The molecule has 0 aromatic carbocycles. The van der Waals surface area contributed by atoms with Gasteiger partial charge in [0.1, 0.15) is 10.6 Å². The van der Waals surface area contributed by atoms with Crippen molar-refractivity contribution in [3.63, 3.8) is 0 Å². The molecule has 5 heteroatoms. The van der Waals surface area contributed by atoms with Crippen LogP contribution in [0, 0.1) is 0 Å². The average molecular weight is 297 g/mol. The van der Waals surface area contributed by atoms with Gasteiger partial charge in [-0.05, 0) is 19.8 Å². The van der Waals surface area contributed by atoms with Gasteiger partial charge in [-0.3, -0.25) is 4.79 Å². The van der Waals surface area contributed by atoms with Crippen molar-refractivity contribution in [3.8, 4) is 0 Å². The van der Waals surface area contributed by atoms with Crippen LogP contribution < -0.4 is 0 Å². The summed E-state index contributed by atoms with van der Waals surface area (Å²) in [6, 6.07) is 0. The molecule has 0 radical (unpaired) electrons. The molecular formula is C15H23NO3S. The molecule has 0 aliphatic heterocycles. The van der Waals surface area contributed by atoms with E-state index in [9.17, 15) is 4.79 Å². The smallest absolute Gasteiger partial charge is 0.303 e. The maximum atomic E-state index is 10.6. The van der Waals surface area contributed by atoms with Gasteiger partial charge < -0.3 is 9.84 Å². The van der Waals surface area contributed by atoms with Crippen LogP contribution in [0.1, 0.15) is 62.6 Å². The molecule has 0 bridgehead atoms. The van der Waals surface area contributed by atoms with E-state index >= 15 is 0 Å². The number of carboxylic acid groups (broad SMARTS) is 1. The molecule has 1 heterocycles. The number of aliphatic carboxylic acids is 1. The third-order valence-electron chi connectivity index (χ3n) is 3.87. The number of rotatable bonds is 6. The molecule has 0 spiro atoms. The highest BCUT2D eigenvalue weighted by molar-refractivity contribution is 7.09. The van der Waals surface area contributed by atoms with Crippen LogP contribution in [0.25, 0.3) is 0 Å². The van der Waals surface area contributed by atoms with E-state index in [1.165, 1.54) is 25.7 Å². The van der Waals surface area contributed by atoms with Crippen molar-refractivity contribution < 1.29 is 14.6 Å². The first kappa shape index (κ1) is 15.4. The fourth-order valence-corrected chi connectivity index (χ4v) is 3.93. The number of hydrogen-bond acceptors (Lipinski definition) is 4. The van der Waals surface area contributed by atoms with Crippen molar-refractivity contribution in [2.75, 3.05) is 6.61 Å². The second kappa shape index (κ2) is 7.18. The second-order valence-corrected chi connectivity index (χ2v) is 6.24. The molecule has 0 saturated heterocycles. The van der Waals surface area contributed by atoms with E-state index in [0.29, 0.717) is 13.0 Å². The summed E-state index contributed by atoms with van der Waals surface area (Å²) in [5.74, 6) is -0.770. The summed E-state index contributed by atoms with van der Waals surface area (Å²) >= 11 is 1.63. The van der Waals surface area contributed by atoms with Crippen LogP contribution >= 0.6 is 11.3 Å². The zero-order chi connectivity index (χ0) is 14.4. The van der Waals surface area contributed by atoms with E-state index in [0.717, 1.165) is 23.5 Å². The van der Waals surface area contributed by atoms with Gasteiger partial charge in [0.15, 0.2) is 0 Å². The maximum absolute atomic E-state index is 10.6. The van der Waals surface area contributed by atoms with Crippen LogP contribution in [0.15, 0.2) is 5.38 Å². The Labute approximate surface area is 124 Å². The van der Waals surface area contributed by atoms with Gasteiger partial charge in [0, 0.05) is 18.4 Å². The van der Waals surface area contributed by atoms with E-state index in [1.54, 1.807) is 11.3 Å². The van der Waals surface area contributed by atoms with Crippen LogP contribution in [-0.2, 0) is 21.6 Å². The van der Waals surface area contributed by atoms with Crippen LogP contribution in [-0.4, -0.2) is 22.7 Å². The van der Waals surface area contributed by atoms with E-state index in [2.05, 4.69) is 4.98 Å². The minimum atomic E-state index is -0.770. The Morgan fingerprint density at radius 3 is 2.70 bits per heavy atom. The fourth-order valence-electron chi connectivity index (χ4n) is 2.86. The Hall–Kier alpha value is -0.940. The first-order valence-corrected chi connectivity index (χ1v) is 8.35. The molecule has 4 nitrogen and oxygen atoms in total. The fraction of sp³-hybridized carbons (Fsp3) is 0.733. The monoisotopic (exact) mass is 297 g/mol. The molecule has 0 unspecified atom stereocenters. The number of nitrogens with zero attached hydrogens (tertiary/aromatic N) is 1. The van der Waals surface area contributed by atoms with Gasteiger partial charge in [-0.15, -0.1) is 11.3 Å². The summed E-state index contributed by atoms with van der Waals surface area (Å²) in [6.07, 6.45) is 7.63. The molecule has 20 heavy (non-hydrogen) atoms. The molecular weight excluding hydrogens is 274 g/mol. The molecule has 1 fully saturated rings. The lowest BCUT2D eigenvalue weighted by atomic mass is 9.95. The third-order valence-corrected chi connectivity index (χ3v) is 4.94. The highest BCUT2D eigenvalue weighted by atomic mass is 32.1. The summed E-state index contributed by atoms with van der Waals surface area (Å²) in [4.78, 5) is 15.3. The number of thiazole rings is 1. The quantitative estimate of drug-likeness (QED) is 0.812. The highest BCUT2D eigenvalue weighted by Gasteiger charge is 2.36. The van der Waals surface area contributed by atoms with Gasteiger partial charge in [0.05, 0.1) is 12.1 Å². The molecule has 112 valence electrons. The van der Waals surface area contributed by atoms with E-state index < -0.39 is 5.97 Å². The standard InChI is InChI=1S/C15H23NO3S/c1-2-19-15(9-5-3-4-6-10-15)14-16-12(11-20-14)7-8-13(17)18/h11H,2-10H2,1H3,(H,17,18). The Kier molecular flexibility index (Phi) is 5.54. The first-order chi connectivity index (χ1) is 9.66. The molecule has 1 saturated carbocycles. The molecule has 2 rings (SSSR count). The molecule has 0 atom stereocenters. The highest BCUT2D eigenvalue weighted by Crippen LogP contribution is 2.40. The Morgan fingerprint density at radius 2 is 2.10 bits per heavy atom. The van der Waals surface area contributed by atoms with Crippen molar-refractivity contribution in [1.82, 2.24) is 4.98 Å². The van der Waals surface area contributed by atoms with Gasteiger partial charge >= 0.3 is 5.97 Å². The molecule has 1 N–H and O–H groups in total. The molecule has 0 amide bonds. The predicted octanol–water partition coefficient (Wildman–Crippen LogP) is 3.75. The molecule has 1 aromatic heterocycles. The first-order valence-electron chi connectivity index (χ1n) is 7.47. The lowest BCUT2D eigenvalue weighted by Gasteiger charge is -2.30. The lowest BCUT2D eigenvalue weighted by molar-refractivity contribution is -0.136. The zero-order valence-corrected chi connectivity index (χ0v) is 12.9. The van der Waals surface area contributed by atoms with Crippen LogP contribution in [0.4, 0.5) is 0 Å². The van der Waals surface area contributed by atoms with E-state index in [-0.39, 0.29) is 12.0 Å². The summed E-state index contributed by atoms with van der Waals surface area (Å²) in [5.41, 5.74) is 0.660. The average Bonchev–Trinajstić information content (AvgIpc) is 2.78. The van der Waals surface area contributed by atoms with Gasteiger partial charge in [-0.2, -0.15) is 0 Å². The van der Waals surface area contributed by atoms with Crippen molar-refractivity contribution in [2.45, 2.75) is 63.9 Å². The van der Waals surface area contributed by atoms with Crippen molar-refractivity contribution in [1.29, 1.82) is 0 Å². The minimum absolute atomic E-state index is 0.144. The van der Waals surface area contributed by atoms with Crippen LogP contribution in [0.3, 0.4) is 0 Å². The van der Waals surface area contributed by atoms with Gasteiger partial charge in [-0.1, -0.05) is 25.7 Å². The SMILES string of the molecule is CCOC1(c2nc(CCC(=O)O)cs2)CCCCCC1. The van der Waals surface area contributed by atoms with Gasteiger partial charge in [0.2, 0.25) is 0 Å². The van der Waals surface area contributed by atoms with Crippen molar-refractivity contribution >= 4 is 17.3 Å². The third kappa shape index (κ3) is 3.79. The van der Waals surface area contributed by atoms with Crippen molar-refractivity contribution in [2.24, 2.45) is 0 Å². The van der Waals surface area contributed by atoms with Crippen LogP contribution in [0.2, 0.25) is 0 Å². The zero-order valence-electron chi connectivity index (χ0n) is 12.1. The number of ether oxygens (including phenoxy) is 1. The Balaban J connectivity index is 2.14. The number of hydrogen-bond donors (Lipinski definition) is 1. The normalized spacial score (nSPS) is 18.6. The molecule has 1 aromatic rings. The summed E-state index contributed by atoms with van der Waals surface area (Å²) in [5, 5.41) is 11.8. The molecule has 1 aliphatic carbocycles. The van der Waals surface area contributed by atoms with E-state index in [1.807, 2.05) is 12.3 Å². The topological polar surface area (TPSA) is 59.4 Å². The largest absolute Gasteiger partial charge is 0.481 e. The summed E-state index contributed by atoms with van der Waals surface area (Å²) < 4.78 is 6.11. The van der Waals surface area contributed by atoms with Crippen LogP contribution in [0.5, 0.6) is 0 Å². The second-order valence-electron chi connectivity index (χ2n) is 5.38. The van der Waals surface area contributed by atoms with Gasteiger partial charge in [0.25, 0.3) is 0 Å². The number of carbonyl (C=O) groups is 1. The summed E-state index contributed by atoms with van der Waals surface area (Å²) in [7, 11) is 0. The molecule has 1 aliphatic rings. The van der Waals surface area contributed by atoms with Gasteiger partial charge in [-0.25, -0.2) is 4.98 Å². The maximum Gasteiger partial charge on any atom is 0.303 e. The Morgan fingerprint density at radius 1 is 1.40 bits per heavy atom. The number of aryl methyl sites for hydroxylation is 1. The van der Waals surface area contributed by atoms with Crippen molar-refractivity contribution in [3.05, 3.63) is 16.1 Å². The predicted molar refractivity (Wildman–Crippen MR) is 79.1 cm³/mol.